The Hall–Kier alpha value is -0.940. The van der Waals surface area contributed by atoms with Crippen molar-refractivity contribution in [1.82, 2.24) is 15.1 Å². The summed E-state index contributed by atoms with van der Waals surface area (Å²) in [5, 5.41) is 2.88. The van der Waals surface area contributed by atoms with Gasteiger partial charge in [-0.3, -0.25) is 9.69 Å². The van der Waals surface area contributed by atoms with Crippen molar-refractivity contribution in [1.29, 1.82) is 0 Å². The first kappa shape index (κ1) is 14.1. The molecule has 0 bridgehead atoms. The number of nitrogens with one attached hydrogen (secondary N) is 1. The van der Waals surface area contributed by atoms with Gasteiger partial charge in [-0.05, 0) is 26.9 Å². The van der Waals surface area contributed by atoms with E-state index < -0.39 is 0 Å². The van der Waals surface area contributed by atoms with Crippen LogP contribution in [0.4, 0.5) is 0 Å². The van der Waals surface area contributed by atoms with Crippen molar-refractivity contribution in [2.75, 3.05) is 46.3 Å². The molecular weight excluding hydrogens is 218 g/mol. The number of likely N-dealkylation sites (N-methyl/N-ethyl adjacent to an activating group) is 1. The van der Waals surface area contributed by atoms with Crippen molar-refractivity contribution in [3.05, 3.63) is 0 Å². The van der Waals surface area contributed by atoms with Crippen molar-refractivity contribution < 1.29 is 9.59 Å². The molecule has 0 saturated carbocycles. The second kappa shape index (κ2) is 7.40. The van der Waals surface area contributed by atoms with Gasteiger partial charge >= 0.3 is 0 Å². The number of nitrogens with zero attached hydrogens (tertiary/aromatic N) is 2. The Morgan fingerprint density at radius 3 is 2.35 bits per heavy atom. The molecule has 98 valence electrons. The van der Waals surface area contributed by atoms with Gasteiger partial charge in [0.1, 0.15) is 5.78 Å². The molecule has 1 saturated heterocycles. The minimum Gasteiger partial charge on any atom is -0.339 e. The first-order valence-corrected chi connectivity index (χ1v) is 6.27. The molecular formula is C12H23N3O2. The Labute approximate surface area is 103 Å². The summed E-state index contributed by atoms with van der Waals surface area (Å²) in [4.78, 5) is 26.7. The lowest BCUT2D eigenvalue weighted by molar-refractivity contribution is -0.131. The number of hydrogen-bond acceptors (Lipinski definition) is 4. The average Bonchev–Trinajstić information content (AvgIpc) is 2.30. The zero-order valence-electron chi connectivity index (χ0n) is 10.9. The fraction of sp³-hybridized carbons (Fsp3) is 0.833. The molecule has 0 unspecified atom stereocenters. The summed E-state index contributed by atoms with van der Waals surface area (Å²) in [6.45, 7) is 6.48. The van der Waals surface area contributed by atoms with E-state index >= 15 is 0 Å². The molecule has 5 heteroatoms. The Morgan fingerprint density at radius 1 is 1.18 bits per heavy atom. The molecule has 1 heterocycles. The molecule has 17 heavy (non-hydrogen) atoms. The van der Waals surface area contributed by atoms with Gasteiger partial charge in [-0.25, -0.2) is 0 Å². The Morgan fingerprint density at radius 2 is 1.82 bits per heavy atom. The lowest BCUT2D eigenvalue weighted by atomic mass is 10.2. The number of carbonyl (C=O) groups is 2. The van der Waals surface area contributed by atoms with Crippen LogP contribution in [0.25, 0.3) is 0 Å². The van der Waals surface area contributed by atoms with E-state index in [9.17, 15) is 9.59 Å². The highest BCUT2D eigenvalue weighted by Crippen LogP contribution is 2.04. The molecule has 1 fully saturated rings. The number of ketones is 1. The van der Waals surface area contributed by atoms with Gasteiger partial charge in [0.25, 0.3) is 0 Å². The third-order valence-electron chi connectivity index (χ3n) is 3.06. The quantitative estimate of drug-likeness (QED) is 0.695. The maximum Gasteiger partial charge on any atom is 0.236 e. The lowest BCUT2D eigenvalue weighted by Gasteiger charge is -2.34. The lowest BCUT2D eigenvalue weighted by Crippen LogP contribution is -2.50. The fourth-order valence-electron chi connectivity index (χ4n) is 2.04. The topological polar surface area (TPSA) is 52.7 Å². The van der Waals surface area contributed by atoms with Crippen LogP contribution in [0.3, 0.4) is 0 Å². The summed E-state index contributed by atoms with van der Waals surface area (Å²) in [6.07, 6.45) is 1.60. The van der Waals surface area contributed by atoms with Crippen LogP contribution in [0.1, 0.15) is 19.8 Å². The smallest absolute Gasteiger partial charge is 0.236 e. The summed E-state index contributed by atoms with van der Waals surface area (Å²) < 4.78 is 0. The molecule has 1 amide bonds. The summed E-state index contributed by atoms with van der Waals surface area (Å²) in [5.74, 6) is 0.434. The van der Waals surface area contributed by atoms with Crippen LogP contribution < -0.4 is 5.32 Å². The van der Waals surface area contributed by atoms with Gasteiger partial charge in [-0.15, -0.1) is 0 Å². The van der Waals surface area contributed by atoms with Crippen LogP contribution in [-0.2, 0) is 9.59 Å². The average molecular weight is 241 g/mol. The predicted octanol–water partition coefficient (Wildman–Crippen LogP) is -0.281. The zero-order valence-corrected chi connectivity index (χ0v) is 10.9. The van der Waals surface area contributed by atoms with E-state index in [4.69, 9.17) is 0 Å². The maximum atomic E-state index is 11.6. The van der Waals surface area contributed by atoms with Gasteiger partial charge in [0.2, 0.25) is 5.91 Å². The van der Waals surface area contributed by atoms with Crippen molar-refractivity contribution in [3.63, 3.8) is 0 Å². The van der Waals surface area contributed by atoms with Crippen molar-refractivity contribution in [2.45, 2.75) is 19.8 Å². The standard InChI is InChI=1S/C12H23N3O2/c1-11(16)4-3-5-14-6-8-15(9-7-14)12(17)10-13-2/h13H,3-10H2,1-2H3. The highest BCUT2D eigenvalue weighted by Gasteiger charge is 2.19. The molecule has 1 aliphatic rings. The van der Waals surface area contributed by atoms with Gasteiger partial charge < -0.3 is 15.0 Å². The van der Waals surface area contributed by atoms with Crippen LogP contribution in [-0.4, -0.2) is 67.8 Å². The number of carbonyl (C=O) groups excluding carboxylic acids is 2. The molecule has 1 N–H and O–H groups in total. The van der Waals surface area contributed by atoms with Gasteiger partial charge in [0, 0.05) is 32.6 Å². The first-order valence-electron chi connectivity index (χ1n) is 6.27. The van der Waals surface area contributed by atoms with Crippen molar-refractivity contribution in [3.8, 4) is 0 Å². The molecule has 0 aromatic heterocycles. The minimum absolute atomic E-state index is 0.177. The summed E-state index contributed by atoms with van der Waals surface area (Å²) >= 11 is 0. The molecule has 1 rings (SSSR count). The fourth-order valence-corrected chi connectivity index (χ4v) is 2.04. The monoisotopic (exact) mass is 241 g/mol. The Bertz CT molecular complexity index is 260. The van der Waals surface area contributed by atoms with Crippen LogP contribution in [0, 0.1) is 0 Å². The van der Waals surface area contributed by atoms with E-state index in [0.717, 1.165) is 39.1 Å². The molecule has 0 spiro atoms. The van der Waals surface area contributed by atoms with Gasteiger partial charge in [0.15, 0.2) is 0 Å². The molecule has 0 aromatic carbocycles. The van der Waals surface area contributed by atoms with E-state index in [-0.39, 0.29) is 11.7 Å². The molecule has 0 aliphatic carbocycles. The number of Topliss-reactive ketones (excluding diaryl/α,β-unsaturated/α-hetero) is 1. The van der Waals surface area contributed by atoms with Gasteiger partial charge in [-0.2, -0.15) is 0 Å². The predicted molar refractivity (Wildman–Crippen MR) is 66.9 cm³/mol. The van der Waals surface area contributed by atoms with Crippen LogP contribution in [0.15, 0.2) is 0 Å². The number of piperazine rings is 1. The van der Waals surface area contributed by atoms with Crippen molar-refractivity contribution in [2.24, 2.45) is 0 Å². The Kier molecular flexibility index (Phi) is 6.15. The van der Waals surface area contributed by atoms with Crippen LogP contribution in [0.2, 0.25) is 0 Å². The van der Waals surface area contributed by atoms with Crippen LogP contribution in [0.5, 0.6) is 0 Å². The van der Waals surface area contributed by atoms with E-state index in [1.54, 1.807) is 14.0 Å². The van der Waals surface area contributed by atoms with E-state index in [2.05, 4.69) is 10.2 Å². The van der Waals surface area contributed by atoms with Gasteiger partial charge in [0.05, 0.1) is 6.54 Å². The highest BCUT2D eigenvalue weighted by molar-refractivity contribution is 5.78. The second-order valence-corrected chi connectivity index (χ2v) is 4.56. The number of rotatable bonds is 6. The molecule has 1 aliphatic heterocycles. The minimum atomic E-state index is 0.177. The van der Waals surface area contributed by atoms with Gasteiger partial charge in [-0.1, -0.05) is 0 Å². The normalized spacial score (nSPS) is 17.2. The third kappa shape index (κ3) is 5.28. The molecule has 0 aromatic rings. The first-order chi connectivity index (χ1) is 8.13. The molecule has 0 radical (unpaired) electrons. The Balaban J connectivity index is 2.17. The summed E-state index contributed by atoms with van der Waals surface area (Å²) in [7, 11) is 1.79. The zero-order chi connectivity index (χ0) is 12.7. The summed E-state index contributed by atoms with van der Waals surface area (Å²) in [6, 6.07) is 0. The second-order valence-electron chi connectivity index (χ2n) is 4.56. The van der Waals surface area contributed by atoms with Crippen molar-refractivity contribution >= 4 is 11.7 Å². The largest absolute Gasteiger partial charge is 0.339 e. The number of hydrogen-bond donors (Lipinski definition) is 1. The maximum absolute atomic E-state index is 11.6. The summed E-state index contributed by atoms with van der Waals surface area (Å²) in [5.41, 5.74) is 0. The van der Waals surface area contributed by atoms with Crippen LogP contribution >= 0.6 is 0 Å². The van der Waals surface area contributed by atoms with E-state index in [1.165, 1.54) is 0 Å². The SMILES string of the molecule is CNCC(=O)N1CCN(CCCC(C)=O)CC1. The highest BCUT2D eigenvalue weighted by atomic mass is 16.2. The molecule has 0 atom stereocenters. The van der Waals surface area contributed by atoms with E-state index in [1.807, 2.05) is 4.90 Å². The number of amides is 1. The third-order valence-corrected chi connectivity index (χ3v) is 3.06. The molecule has 5 nitrogen and oxygen atoms in total. The van der Waals surface area contributed by atoms with E-state index in [0.29, 0.717) is 13.0 Å².